The molecule has 1 N–H and O–H groups in total. The second-order valence-electron chi connectivity index (χ2n) is 11.6. The normalized spacial score (nSPS) is 18.0. The van der Waals surface area contributed by atoms with Gasteiger partial charge in [0.2, 0.25) is 5.91 Å². The van der Waals surface area contributed by atoms with Gasteiger partial charge in [-0.3, -0.25) is 24.4 Å². The first-order valence-electron chi connectivity index (χ1n) is 14.4. The van der Waals surface area contributed by atoms with Crippen LogP contribution in [0.1, 0.15) is 57.1 Å². The number of urea groups is 1. The third-order valence-corrected chi connectivity index (χ3v) is 9.37. The number of hydrogen-bond acceptors (Lipinski definition) is 6. The van der Waals surface area contributed by atoms with Crippen LogP contribution in [0.25, 0.3) is 22.4 Å². The molecule has 3 aromatic rings. The molecule has 1 atom stereocenters. The van der Waals surface area contributed by atoms with Crippen molar-refractivity contribution in [3.63, 3.8) is 0 Å². The molecule has 2 aromatic heterocycles. The van der Waals surface area contributed by atoms with Crippen LogP contribution < -0.4 is 9.80 Å². The molecule has 3 aliphatic rings. The molecule has 1 aromatic carbocycles. The van der Waals surface area contributed by atoms with E-state index < -0.39 is 11.9 Å². The van der Waals surface area contributed by atoms with Crippen molar-refractivity contribution in [3.05, 3.63) is 47.6 Å². The summed E-state index contributed by atoms with van der Waals surface area (Å²) in [6.07, 6.45) is 8.60. The summed E-state index contributed by atoms with van der Waals surface area (Å²) in [7, 11) is 3.52. The van der Waals surface area contributed by atoms with E-state index in [-0.39, 0.29) is 24.4 Å². The molecule has 2 aliphatic carbocycles. The van der Waals surface area contributed by atoms with Gasteiger partial charge in [-0.1, -0.05) is 49.9 Å². The molecule has 0 radical (unpaired) electrons. The molecule has 6 rings (SSSR count). The van der Waals surface area contributed by atoms with Crippen LogP contribution in [0.3, 0.4) is 0 Å². The number of anilines is 2. The standard InChI is InChI=1S/C31H35N5O4S/c1-34-17-25-27(35(2)31(34)40)14-21(16-32-25)23-9-5-6-10-24(23)26-18-41-30(33-26)36(22-11-12-22)29(39)20(15-28(37)38)13-19-7-3-4-8-19/h5-6,9-10,14,16,18-20,22H,3-4,7-8,11-13,15,17H2,1-2H3,(H,37,38). The first-order valence-corrected chi connectivity index (χ1v) is 15.3. The number of hydrogen-bond donors (Lipinski definition) is 1. The van der Waals surface area contributed by atoms with Crippen LogP contribution in [0.5, 0.6) is 0 Å². The Morgan fingerprint density at radius 1 is 1.12 bits per heavy atom. The number of amides is 3. The van der Waals surface area contributed by atoms with Gasteiger partial charge in [0.25, 0.3) is 0 Å². The highest BCUT2D eigenvalue weighted by molar-refractivity contribution is 7.14. The van der Waals surface area contributed by atoms with E-state index in [0.717, 1.165) is 72.3 Å². The van der Waals surface area contributed by atoms with E-state index in [2.05, 4.69) is 4.98 Å². The number of carboxylic acids is 1. The third-order valence-electron chi connectivity index (χ3n) is 8.53. The average molecular weight is 574 g/mol. The zero-order chi connectivity index (χ0) is 28.7. The van der Waals surface area contributed by atoms with Crippen molar-refractivity contribution in [1.29, 1.82) is 0 Å². The summed E-state index contributed by atoms with van der Waals surface area (Å²) in [4.78, 5) is 52.9. The maximum absolute atomic E-state index is 13.9. The Labute approximate surface area is 243 Å². The van der Waals surface area contributed by atoms with Crippen molar-refractivity contribution in [2.24, 2.45) is 11.8 Å². The minimum atomic E-state index is -0.927. The average Bonchev–Trinajstić information content (AvgIpc) is 3.43. The number of rotatable bonds is 9. The lowest BCUT2D eigenvalue weighted by Gasteiger charge is -2.32. The minimum Gasteiger partial charge on any atom is -0.481 e. The lowest BCUT2D eigenvalue weighted by molar-refractivity contribution is -0.141. The number of fused-ring (bicyclic) bond motifs is 1. The highest BCUT2D eigenvalue weighted by Crippen LogP contribution is 2.41. The van der Waals surface area contributed by atoms with Crippen molar-refractivity contribution in [1.82, 2.24) is 14.9 Å². The molecular formula is C31H35N5O4S. The van der Waals surface area contributed by atoms with Crippen LogP contribution in [0.4, 0.5) is 15.6 Å². The van der Waals surface area contributed by atoms with Gasteiger partial charge in [-0.25, -0.2) is 9.78 Å². The molecule has 3 heterocycles. The summed E-state index contributed by atoms with van der Waals surface area (Å²) < 4.78 is 0. The summed E-state index contributed by atoms with van der Waals surface area (Å²) in [6, 6.07) is 9.95. The van der Waals surface area contributed by atoms with E-state index >= 15 is 0 Å². The van der Waals surface area contributed by atoms with Crippen molar-refractivity contribution >= 4 is 40.1 Å². The van der Waals surface area contributed by atoms with E-state index in [4.69, 9.17) is 4.98 Å². The summed E-state index contributed by atoms with van der Waals surface area (Å²) >= 11 is 1.43. The predicted octanol–water partition coefficient (Wildman–Crippen LogP) is 6.04. The molecule has 2 fully saturated rings. The highest BCUT2D eigenvalue weighted by Gasteiger charge is 2.40. The van der Waals surface area contributed by atoms with Crippen LogP contribution in [-0.4, -0.2) is 58.0 Å². The number of thiazole rings is 1. The second-order valence-corrected chi connectivity index (χ2v) is 12.4. The van der Waals surface area contributed by atoms with Crippen LogP contribution in [-0.2, 0) is 16.1 Å². The number of aliphatic carboxylic acids is 1. The van der Waals surface area contributed by atoms with E-state index in [0.29, 0.717) is 24.0 Å². The Bertz CT molecular complexity index is 1480. The zero-order valence-corrected chi connectivity index (χ0v) is 24.3. The van der Waals surface area contributed by atoms with E-state index in [1.54, 1.807) is 28.8 Å². The number of carboxylic acid groups (broad SMARTS) is 1. The summed E-state index contributed by atoms with van der Waals surface area (Å²) in [5.74, 6) is -1.14. The van der Waals surface area contributed by atoms with Gasteiger partial charge in [0.1, 0.15) is 0 Å². The molecule has 41 heavy (non-hydrogen) atoms. The van der Waals surface area contributed by atoms with Crippen molar-refractivity contribution in [2.45, 2.75) is 64.0 Å². The van der Waals surface area contributed by atoms with Gasteiger partial charge >= 0.3 is 12.0 Å². The first kappa shape index (κ1) is 27.4. The number of pyridine rings is 1. The fourth-order valence-electron chi connectivity index (χ4n) is 6.24. The Morgan fingerprint density at radius 3 is 2.56 bits per heavy atom. The topological polar surface area (TPSA) is 107 Å². The molecule has 0 saturated heterocycles. The van der Waals surface area contributed by atoms with Crippen molar-refractivity contribution in [3.8, 4) is 22.4 Å². The lowest BCUT2D eigenvalue weighted by Crippen LogP contribution is -2.43. The summed E-state index contributed by atoms with van der Waals surface area (Å²) in [6.45, 7) is 0.463. The maximum atomic E-state index is 13.9. The van der Waals surface area contributed by atoms with Crippen molar-refractivity contribution < 1.29 is 19.5 Å². The molecule has 1 unspecified atom stereocenters. The summed E-state index contributed by atoms with van der Waals surface area (Å²) in [5, 5.41) is 12.2. The SMILES string of the molecule is CN1Cc2ncc(-c3ccccc3-c3csc(N(C(=O)C(CC(=O)O)CC4CCCC4)C4CC4)n3)cc2N(C)C1=O. The molecule has 1 aliphatic heterocycles. The predicted molar refractivity (Wildman–Crippen MR) is 159 cm³/mol. The van der Waals surface area contributed by atoms with E-state index in [1.807, 2.05) is 41.9 Å². The molecule has 3 amide bonds. The number of nitrogens with zero attached hydrogens (tertiary/aromatic N) is 5. The minimum absolute atomic E-state index is 0.0761. The molecule has 2 saturated carbocycles. The quantitative estimate of drug-likeness (QED) is 0.335. The Kier molecular flexibility index (Phi) is 7.50. The van der Waals surface area contributed by atoms with Crippen LogP contribution >= 0.6 is 11.3 Å². The van der Waals surface area contributed by atoms with Gasteiger partial charge in [-0.15, -0.1) is 11.3 Å². The maximum Gasteiger partial charge on any atom is 0.324 e. The molecule has 9 nitrogen and oxygen atoms in total. The van der Waals surface area contributed by atoms with Gasteiger partial charge in [-0.2, -0.15) is 0 Å². The Balaban J connectivity index is 1.30. The van der Waals surface area contributed by atoms with Gasteiger partial charge in [0, 0.05) is 48.8 Å². The van der Waals surface area contributed by atoms with Crippen LogP contribution in [0.15, 0.2) is 41.9 Å². The highest BCUT2D eigenvalue weighted by atomic mass is 32.1. The molecule has 214 valence electrons. The zero-order valence-electron chi connectivity index (χ0n) is 23.5. The second kappa shape index (κ2) is 11.2. The monoisotopic (exact) mass is 573 g/mol. The lowest BCUT2D eigenvalue weighted by atomic mass is 9.90. The van der Waals surface area contributed by atoms with Crippen LogP contribution in [0.2, 0.25) is 0 Å². The third kappa shape index (κ3) is 5.57. The first-order chi connectivity index (χ1) is 19.8. The number of benzene rings is 1. The van der Waals surface area contributed by atoms with Gasteiger partial charge in [-0.05, 0) is 36.8 Å². The summed E-state index contributed by atoms with van der Waals surface area (Å²) in [5.41, 5.74) is 5.12. The van der Waals surface area contributed by atoms with E-state index in [9.17, 15) is 19.5 Å². The fourth-order valence-corrected chi connectivity index (χ4v) is 7.14. The Hall–Kier alpha value is -3.79. The molecule has 10 heteroatoms. The van der Waals surface area contributed by atoms with Crippen LogP contribution in [0, 0.1) is 11.8 Å². The molecule has 0 spiro atoms. The van der Waals surface area contributed by atoms with Crippen molar-refractivity contribution in [2.75, 3.05) is 23.9 Å². The fraction of sp³-hybridized carbons (Fsp3) is 0.452. The Morgan fingerprint density at radius 2 is 1.85 bits per heavy atom. The molecule has 0 bridgehead atoms. The van der Waals surface area contributed by atoms with Gasteiger partial charge in [0.15, 0.2) is 5.13 Å². The van der Waals surface area contributed by atoms with E-state index in [1.165, 1.54) is 11.3 Å². The number of carbonyl (C=O) groups is 3. The number of carbonyl (C=O) groups excluding carboxylic acids is 2. The molecular weight excluding hydrogens is 538 g/mol. The number of aromatic nitrogens is 2. The van der Waals surface area contributed by atoms with Gasteiger partial charge < -0.3 is 10.0 Å². The smallest absolute Gasteiger partial charge is 0.324 e. The largest absolute Gasteiger partial charge is 0.481 e. The van der Waals surface area contributed by atoms with Gasteiger partial charge in [0.05, 0.1) is 30.0 Å².